The van der Waals surface area contributed by atoms with Crippen LogP contribution in [0.5, 0.6) is 0 Å². The Morgan fingerprint density at radius 3 is 1.47 bits per heavy atom. The van der Waals surface area contributed by atoms with Gasteiger partial charge >= 0.3 is 30.8 Å². The summed E-state index contributed by atoms with van der Waals surface area (Å²) in [6.45, 7) is 6.10. The van der Waals surface area contributed by atoms with Gasteiger partial charge in [0, 0.05) is 0 Å². The fraction of sp³-hybridized carbons (Fsp3) is 0.786. The minimum absolute atomic E-state index is 0. The smallest absolute Gasteiger partial charge is 0.481 e. The molecular formula is C14H27LiO4. The fourth-order valence-corrected chi connectivity index (χ4v) is 1.44. The Morgan fingerprint density at radius 1 is 0.842 bits per heavy atom. The third kappa shape index (κ3) is 31.8. The molecule has 0 saturated heterocycles. The molecule has 0 saturated carbocycles. The molecule has 0 aliphatic heterocycles. The zero-order valence-corrected chi connectivity index (χ0v) is 12.5. The molecule has 0 aliphatic rings. The Hall–Kier alpha value is -0.463. The Labute approximate surface area is 129 Å². The predicted molar refractivity (Wildman–Crippen MR) is 72.5 cm³/mol. The molecule has 0 aromatic carbocycles. The van der Waals surface area contributed by atoms with Crippen LogP contribution in [0.15, 0.2) is 0 Å². The van der Waals surface area contributed by atoms with E-state index in [0.717, 1.165) is 6.42 Å². The monoisotopic (exact) mass is 266 g/mol. The summed E-state index contributed by atoms with van der Waals surface area (Å²) in [7, 11) is 0. The van der Waals surface area contributed by atoms with Gasteiger partial charge in [0.15, 0.2) is 0 Å². The van der Waals surface area contributed by atoms with E-state index in [1.807, 2.05) is 0 Å². The third-order valence-corrected chi connectivity index (χ3v) is 2.41. The topological polar surface area (TPSA) is 74.6 Å². The molecule has 5 heteroatoms. The molecular weight excluding hydrogens is 239 g/mol. The summed E-state index contributed by atoms with van der Waals surface area (Å²) < 4.78 is 0. The van der Waals surface area contributed by atoms with Crippen LogP contribution in [0.1, 0.15) is 71.1 Å². The maximum Gasteiger partial charge on any atom is 1.00 e. The second-order valence-electron chi connectivity index (χ2n) is 4.29. The second kappa shape index (κ2) is 19.9. The number of carbonyl (C=O) groups is 2. The van der Waals surface area contributed by atoms with Crippen LogP contribution in [0.25, 0.3) is 0 Å². The summed E-state index contributed by atoms with van der Waals surface area (Å²) in [6.07, 6.45) is 11.6. The second-order valence-corrected chi connectivity index (χ2v) is 4.29. The molecule has 0 spiro atoms. The third-order valence-electron chi connectivity index (χ3n) is 2.41. The maximum atomic E-state index is 9.43. The Kier molecular flexibility index (Phi) is 24.7. The molecule has 0 radical (unpaired) electrons. The number of carboxylic acid groups (broad SMARTS) is 2. The van der Waals surface area contributed by atoms with Gasteiger partial charge < -0.3 is 17.1 Å². The largest absolute Gasteiger partial charge is 1.00 e. The Bertz CT molecular complexity index is 188. The van der Waals surface area contributed by atoms with Crippen LogP contribution in [-0.2, 0) is 9.59 Å². The minimum Gasteiger partial charge on any atom is -0.481 e. The zero-order valence-electron chi connectivity index (χ0n) is 12.5. The van der Waals surface area contributed by atoms with Crippen LogP contribution < -0.4 is 18.9 Å². The zero-order chi connectivity index (χ0) is 14.2. The summed E-state index contributed by atoms with van der Waals surface area (Å²) >= 11 is 0. The first-order chi connectivity index (χ1) is 8.54. The molecule has 0 aliphatic carbocycles. The van der Waals surface area contributed by atoms with Gasteiger partial charge in [-0.3, -0.25) is 9.59 Å². The molecule has 0 aromatic heterocycles. The summed E-state index contributed by atoms with van der Waals surface area (Å²) in [6, 6.07) is 0. The summed E-state index contributed by atoms with van der Waals surface area (Å²) in [5, 5.41) is 15.4. The summed E-state index contributed by atoms with van der Waals surface area (Å²) in [4.78, 5) is 18.9. The van der Waals surface area contributed by atoms with Crippen LogP contribution in [0.4, 0.5) is 0 Å². The SMILES string of the molecule is O=C(O)CC(=O)O.[CH2-]CCCCCCCCCC.[Li+]. The summed E-state index contributed by atoms with van der Waals surface area (Å²) in [5.74, 6) is -2.62. The number of carboxylic acids is 2. The molecule has 2 N–H and O–H groups in total. The minimum atomic E-state index is -1.31. The molecule has 108 valence electrons. The van der Waals surface area contributed by atoms with Crippen LogP contribution in [-0.4, -0.2) is 22.2 Å². The van der Waals surface area contributed by atoms with E-state index in [1.165, 1.54) is 51.4 Å². The number of hydrogen-bond donors (Lipinski definition) is 2. The van der Waals surface area contributed by atoms with Crippen molar-refractivity contribution in [2.24, 2.45) is 0 Å². The van der Waals surface area contributed by atoms with Crippen molar-refractivity contribution in [3.63, 3.8) is 0 Å². The number of unbranched alkanes of at least 4 members (excludes halogenated alkanes) is 8. The molecule has 0 fully saturated rings. The quantitative estimate of drug-likeness (QED) is 0.267. The Balaban J connectivity index is -0.000000280. The molecule has 19 heavy (non-hydrogen) atoms. The van der Waals surface area contributed by atoms with Crippen molar-refractivity contribution in [1.29, 1.82) is 0 Å². The van der Waals surface area contributed by atoms with Crippen LogP contribution >= 0.6 is 0 Å². The molecule has 4 nitrogen and oxygen atoms in total. The van der Waals surface area contributed by atoms with Gasteiger partial charge in [0.1, 0.15) is 6.42 Å². The number of rotatable bonds is 10. The van der Waals surface area contributed by atoms with Gasteiger partial charge in [0.05, 0.1) is 0 Å². The standard InChI is InChI=1S/C11H23.C3H4O4.Li/c1-3-5-7-9-11-10-8-6-4-2;4-2(5)1-3(6)7;/h1,3-11H2,2H3;1H2,(H,4,5)(H,6,7);/q-1;;+1. The fourth-order valence-electron chi connectivity index (χ4n) is 1.44. The van der Waals surface area contributed by atoms with Crippen molar-refractivity contribution < 1.29 is 38.7 Å². The van der Waals surface area contributed by atoms with E-state index < -0.39 is 18.4 Å². The van der Waals surface area contributed by atoms with E-state index in [-0.39, 0.29) is 18.9 Å². The average molecular weight is 266 g/mol. The van der Waals surface area contributed by atoms with Crippen LogP contribution in [0, 0.1) is 6.92 Å². The Morgan fingerprint density at radius 2 is 1.21 bits per heavy atom. The van der Waals surface area contributed by atoms with Crippen LogP contribution in [0.3, 0.4) is 0 Å². The first kappa shape index (κ1) is 23.6. The molecule has 0 amide bonds. The maximum absolute atomic E-state index is 9.43. The normalized spacial score (nSPS) is 8.95. The van der Waals surface area contributed by atoms with Gasteiger partial charge in [-0.2, -0.15) is 6.42 Å². The number of hydrogen-bond acceptors (Lipinski definition) is 2. The van der Waals surface area contributed by atoms with Gasteiger partial charge in [0.2, 0.25) is 0 Å². The van der Waals surface area contributed by atoms with Crippen LogP contribution in [0.2, 0.25) is 0 Å². The van der Waals surface area contributed by atoms with E-state index >= 15 is 0 Å². The van der Waals surface area contributed by atoms with Crippen molar-refractivity contribution in [2.45, 2.75) is 71.1 Å². The summed E-state index contributed by atoms with van der Waals surface area (Å²) in [5.41, 5.74) is 0. The molecule has 0 aromatic rings. The molecule has 0 rings (SSSR count). The van der Waals surface area contributed by atoms with E-state index in [2.05, 4.69) is 13.8 Å². The van der Waals surface area contributed by atoms with Crippen molar-refractivity contribution >= 4 is 11.9 Å². The molecule has 0 unspecified atom stereocenters. The first-order valence-corrected chi connectivity index (χ1v) is 6.77. The van der Waals surface area contributed by atoms with Crippen molar-refractivity contribution in [3.05, 3.63) is 6.92 Å². The van der Waals surface area contributed by atoms with Gasteiger partial charge in [-0.05, 0) is 0 Å². The van der Waals surface area contributed by atoms with Crippen molar-refractivity contribution in [3.8, 4) is 0 Å². The first-order valence-electron chi connectivity index (χ1n) is 6.77. The van der Waals surface area contributed by atoms with Gasteiger partial charge in [-0.25, -0.2) is 0 Å². The van der Waals surface area contributed by atoms with E-state index in [4.69, 9.17) is 10.2 Å². The van der Waals surface area contributed by atoms with Crippen molar-refractivity contribution in [2.75, 3.05) is 0 Å². The average Bonchev–Trinajstić information content (AvgIpc) is 2.27. The number of aliphatic carboxylic acids is 2. The van der Waals surface area contributed by atoms with Gasteiger partial charge in [-0.15, -0.1) is 0 Å². The van der Waals surface area contributed by atoms with E-state index in [9.17, 15) is 9.59 Å². The van der Waals surface area contributed by atoms with Gasteiger partial charge in [-0.1, -0.05) is 58.3 Å². The van der Waals surface area contributed by atoms with E-state index in [0.29, 0.717) is 0 Å². The van der Waals surface area contributed by atoms with Gasteiger partial charge in [0.25, 0.3) is 0 Å². The molecule has 0 atom stereocenters. The molecule has 0 heterocycles. The predicted octanol–water partition coefficient (Wildman–Crippen LogP) is 0.901. The molecule has 0 bridgehead atoms. The van der Waals surface area contributed by atoms with E-state index in [1.54, 1.807) is 0 Å². The van der Waals surface area contributed by atoms with Crippen molar-refractivity contribution in [1.82, 2.24) is 0 Å².